The van der Waals surface area contributed by atoms with Crippen molar-refractivity contribution in [1.29, 1.82) is 0 Å². The normalized spacial score (nSPS) is 14.4. The maximum atomic E-state index is 12.0. The van der Waals surface area contributed by atoms with Crippen molar-refractivity contribution in [2.24, 2.45) is 5.73 Å². The molecule has 1 aromatic rings. The Morgan fingerprint density at radius 1 is 1.59 bits per heavy atom. The van der Waals surface area contributed by atoms with Crippen molar-refractivity contribution in [2.45, 2.75) is 52.2 Å². The molecule has 5 heteroatoms. The Morgan fingerprint density at radius 3 is 2.88 bits per heavy atom. The summed E-state index contributed by atoms with van der Waals surface area (Å²) < 4.78 is 1.81. The van der Waals surface area contributed by atoms with Crippen LogP contribution in [0.1, 0.15) is 45.5 Å². The molecule has 1 rings (SSSR count). The van der Waals surface area contributed by atoms with Crippen LogP contribution in [0.4, 0.5) is 0 Å². The number of aromatic nitrogens is 2. The molecule has 0 aliphatic carbocycles. The van der Waals surface area contributed by atoms with Gasteiger partial charge in [-0.1, -0.05) is 13.3 Å². The number of carbonyl (C=O) groups excluding carboxylic acids is 1. The molecule has 1 aromatic heterocycles. The van der Waals surface area contributed by atoms with Crippen LogP contribution in [0.3, 0.4) is 0 Å². The summed E-state index contributed by atoms with van der Waals surface area (Å²) in [6.07, 6.45) is 5.51. The lowest BCUT2D eigenvalue weighted by atomic mass is 10.2. The Labute approximate surface area is 102 Å². The van der Waals surface area contributed by atoms with E-state index in [0.717, 1.165) is 18.7 Å². The van der Waals surface area contributed by atoms with E-state index < -0.39 is 0 Å². The highest BCUT2D eigenvalue weighted by atomic mass is 16.2. The van der Waals surface area contributed by atoms with Crippen molar-refractivity contribution in [2.75, 3.05) is 0 Å². The molecule has 0 aromatic carbocycles. The van der Waals surface area contributed by atoms with Gasteiger partial charge < -0.3 is 15.6 Å². The van der Waals surface area contributed by atoms with Crippen molar-refractivity contribution in [3.8, 4) is 0 Å². The van der Waals surface area contributed by atoms with E-state index in [1.807, 2.05) is 18.4 Å². The summed E-state index contributed by atoms with van der Waals surface area (Å²) in [7, 11) is 0. The number of nitrogens with two attached hydrogens (primary N) is 1. The van der Waals surface area contributed by atoms with E-state index in [1.165, 1.54) is 0 Å². The van der Waals surface area contributed by atoms with Gasteiger partial charge in [0.1, 0.15) is 11.9 Å². The van der Waals surface area contributed by atoms with E-state index in [0.29, 0.717) is 6.54 Å². The average Bonchev–Trinajstić information content (AvgIpc) is 2.76. The fourth-order valence-corrected chi connectivity index (χ4v) is 1.85. The van der Waals surface area contributed by atoms with E-state index >= 15 is 0 Å². The van der Waals surface area contributed by atoms with Crippen LogP contribution in [0.5, 0.6) is 0 Å². The quantitative estimate of drug-likeness (QED) is 0.782. The predicted molar refractivity (Wildman–Crippen MR) is 67.3 cm³/mol. The van der Waals surface area contributed by atoms with Gasteiger partial charge >= 0.3 is 0 Å². The molecule has 1 amide bonds. The van der Waals surface area contributed by atoms with Gasteiger partial charge in [0, 0.05) is 18.4 Å². The van der Waals surface area contributed by atoms with Gasteiger partial charge in [0.25, 0.3) is 0 Å². The number of hydrogen-bond acceptors (Lipinski definition) is 3. The van der Waals surface area contributed by atoms with Gasteiger partial charge in [0.05, 0.1) is 6.54 Å². The Balaban J connectivity index is 2.63. The number of hydrogen-bond donors (Lipinski definition) is 2. The highest BCUT2D eigenvalue weighted by Gasteiger charge is 2.18. The largest absolute Gasteiger partial charge is 0.352 e. The molecule has 17 heavy (non-hydrogen) atoms. The summed E-state index contributed by atoms with van der Waals surface area (Å²) in [5, 5.41) is 2.99. The molecule has 0 aliphatic heterocycles. The second-order valence-corrected chi connectivity index (χ2v) is 4.33. The zero-order valence-corrected chi connectivity index (χ0v) is 10.8. The van der Waals surface area contributed by atoms with Crippen LogP contribution in [0.15, 0.2) is 12.4 Å². The first-order valence-corrected chi connectivity index (χ1v) is 6.12. The summed E-state index contributed by atoms with van der Waals surface area (Å²) >= 11 is 0. The number of amides is 1. The van der Waals surface area contributed by atoms with Crippen molar-refractivity contribution in [3.63, 3.8) is 0 Å². The molecule has 2 atom stereocenters. The molecule has 3 N–H and O–H groups in total. The van der Waals surface area contributed by atoms with Crippen LogP contribution in [0.2, 0.25) is 0 Å². The monoisotopic (exact) mass is 238 g/mol. The maximum absolute atomic E-state index is 12.0. The smallest absolute Gasteiger partial charge is 0.243 e. The Kier molecular flexibility index (Phi) is 5.15. The van der Waals surface area contributed by atoms with Crippen molar-refractivity contribution >= 4 is 5.91 Å². The van der Waals surface area contributed by atoms with E-state index in [2.05, 4.69) is 17.2 Å². The lowest BCUT2D eigenvalue weighted by molar-refractivity contribution is -0.124. The van der Waals surface area contributed by atoms with E-state index in [9.17, 15) is 4.79 Å². The summed E-state index contributed by atoms with van der Waals surface area (Å²) in [5.41, 5.74) is 5.57. The third-order valence-electron chi connectivity index (χ3n) is 2.84. The van der Waals surface area contributed by atoms with Gasteiger partial charge in [-0.25, -0.2) is 4.98 Å². The predicted octanol–water partition coefficient (Wildman–Crippen LogP) is 1.21. The zero-order chi connectivity index (χ0) is 12.8. The van der Waals surface area contributed by atoms with Gasteiger partial charge in [0.2, 0.25) is 5.91 Å². The van der Waals surface area contributed by atoms with Crippen LogP contribution >= 0.6 is 0 Å². The van der Waals surface area contributed by atoms with E-state index in [-0.39, 0.29) is 18.0 Å². The molecule has 0 bridgehead atoms. The number of nitrogens with one attached hydrogen (secondary N) is 1. The Bertz CT molecular complexity index is 361. The second-order valence-electron chi connectivity index (χ2n) is 4.33. The highest BCUT2D eigenvalue weighted by molar-refractivity contribution is 5.80. The van der Waals surface area contributed by atoms with Gasteiger partial charge in [-0.15, -0.1) is 0 Å². The third-order valence-corrected chi connectivity index (χ3v) is 2.84. The van der Waals surface area contributed by atoms with Crippen LogP contribution in [0, 0.1) is 0 Å². The fourth-order valence-electron chi connectivity index (χ4n) is 1.85. The summed E-state index contributed by atoms with van der Waals surface area (Å²) in [4.78, 5) is 16.1. The molecule has 0 spiro atoms. The van der Waals surface area contributed by atoms with Gasteiger partial charge in [0.15, 0.2) is 0 Å². The second kappa shape index (κ2) is 6.39. The first-order chi connectivity index (χ1) is 8.10. The molecule has 96 valence electrons. The number of rotatable bonds is 6. The minimum atomic E-state index is -0.268. The topological polar surface area (TPSA) is 72.9 Å². The molecule has 0 saturated carbocycles. The third kappa shape index (κ3) is 3.56. The van der Waals surface area contributed by atoms with Crippen molar-refractivity contribution < 1.29 is 4.79 Å². The molecule has 0 radical (unpaired) electrons. The Hall–Kier alpha value is -1.36. The molecular weight excluding hydrogens is 216 g/mol. The van der Waals surface area contributed by atoms with Crippen molar-refractivity contribution in [1.82, 2.24) is 14.9 Å². The summed E-state index contributed by atoms with van der Waals surface area (Å²) in [5.74, 6) is 0.745. The van der Waals surface area contributed by atoms with Crippen LogP contribution in [-0.4, -0.2) is 21.5 Å². The lowest BCUT2D eigenvalue weighted by Gasteiger charge is -2.19. The maximum Gasteiger partial charge on any atom is 0.243 e. The summed E-state index contributed by atoms with van der Waals surface area (Å²) in [6.45, 7) is 6.32. The SMILES string of the molecule is CCCC(C)NC(=O)C(C)n1ccnc1CN. The number of carbonyl (C=O) groups is 1. The van der Waals surface area contributed by atoms with Crippen LogP contribution in [-0.2, 0) is 11.3 Å². The zero-order valence-electron chi connectivity index (χ0n) is 10.8. The molecular formula is C12H22N4O. The summed E-state index contributed by atoms with van der Waals surface area (Å²) in [6, 6.07) is -0.0600. The van der Waals surface area contributed by atoms with E-state index in [4.69, 9.17) is 5.73 Å². The molecule has 0 fully saturated rings. The number of nitrogens with zero attached hydrogens (tertiary/aromatic N) is 2. The van der Waals surface area contributed by atoms with Gasteiger partial charge in [-0.2, -0.15) is 0 Å². The van der Waals surface area contributed by atoms with Gasteiger partial charge in [-0.05, 0) is 20.3 Å². The minimum Gasteiger partial charge on any atom is -0.352 e. The minimum absolute atomic E-state index is 0.0126. The molecule has 2 unspecified atom stereocenters. The highest BCUT2D eigenvalue weighted by Crippen LogP contribution is 2.09. The molecule has 1 heterocycles. The molecule has 0 aliphatic rings. The molecule has 5 nitrogen and oxygen atoms in total. The van der Waals surface area contributed by atoms with Crippen LogP contribution in [0.25, 0.3) is 0 Å². The van der Waals surface area contributed by atoms with E-state index in [1.54, 1.807) is 12.4 Å². The fraction of sp³-hybridized carbons (Fsp3) is 0.667. The first kappa shape index (κ1) is 13.7. The first-order valence-electron chi connectivity index (χ1n) is 6.12. The average molecular weight is 238 g/mol. The number of imidazole rings is 1. The van der Waals surface area contributed by atoms with Crippen LogP contribution < -0.4 is 11.1 Å². The van der Waals surface area contributed by atoms with Crippen molar-refractivity contribution in [3.05, 3.63) is 18.2 Å². The Morgan fingerprint density at radius 2 is 2.29 bits per heavy atom. The molecule has 0 saturated heterocycles. The lowest BCUT2D eigenvalue weighted by Crippen LogP contribution is -2.37. The van der Waals surface area contributed by atoms with Gasteiger partial charge in [-0.3, -0.25) is 4.79 Å². The standard InChI is InChI=1S/C12H22N4O/c1-4-5-9(2)15-12(17)10(3)16-7-6-14-11(16)8-13/h6-7,9-10H,4-5,8,13H2,1-3H3,(H,15,17).